The molecular weight excluding hydrogens is 312 g/mol. The van der Waals surface area contributed by atoms with Gasteiger partial charge in [-0.15, -0.1) is 0 Å². The van der Waals surface area contributed by atoms with Gasteiger partial charge in [0, 0.05) is 22.4 Å². The number of ether oxygens (including phenoxy) is 1. The fourth-order valence-electron chi connectivity index (χ4n) is 1.18. The van der Waals surface area contributed by atoms with Gasteiger partial charge in [0.25, 0.3) is 5.91 Å². The highest BCUT2D eigenvalue weighted by molar-refractivity contribution is 9.10. The van der Waals surface area contributed by atoms with Gasteiger partial charge in [-0.1, -0.05) is 6.08 Å². The number of allylic oxidation sites excluding steroid dienone is 1. The Bertz CT molecular complexity index is 500. The first-order valence-corrected chi connectivity index (χ1v) is 6.52. The van der Waals surface area contributed by atoms with Crippen LogP contribution in [0.5, 0.6) is 0 Å². The van der Waals surface area contributed by atoms with Gasteiger partial charge in [-0.05, 0) is 35.8 Å². The molecule has 1 amide bonds. The molecule has 0 saturated heterocycles. The highest BCUT2D eigenvalue weighted by Gasteiger charge is 2.07. The van der Waals surface area contributed by atoms with E-state index in [0.717, 1.165) is 4.47 Å². The minimum Gasteiger partial charge on any atom is -0.460 e. The number of aromatic nitrogens is 1. The van der Waals surface area contributed by atoms with Crippen LogP contribution < -0.4 is 5.32 Å². The Morgan fingerprint density at radius 2 is 2.21 bits per heavy atom. The third kappa shape index (κ3) is 5.21. The molecule has 19 heavy (non-hydrogen) atoms. The molecule has 1 rings (SSSR count). The van der Waals surface area contributed by atoms with Crippen LogP contribution in [-0.2, 0) is 9.53 Å². The van der Waals surface area contributed by atoms with Crippen LogP contribution >= 0.6 is 15.9 Å². The first-order valence-electron chi connectivity index (χ1n) is 5.73. The van der Waals surface area contributed by atoms with Crippen LogP contribution in [0.15, 0.2) is 34.6 Å². The van der Waals surface area contributed by atoms with Crippen LogP contribution in [0.1, 0.15) is 24.2 Å². The Morgan fingerprint density at radius 1 is 1.47 bits per heavy atom. The van der Waals surface area contributed by atoms with Crippen LogP contribution in [0.25, 0.3) is 0 Å². The summed E-state index contributed by atoms with van der Waals surface area (Å²) in [6, 6.07) is 1.66. The van der Waals surface area contributed by atoms with Crippen LogP contribution in [0.4, 0.5) is 0 Å². The van der Waals surface area contributed by atoms with Gasteiger partial charge < -0.3 is 10.1 Å². The Morgan fingerprint density at radius 3 is 2.84 bits per heavy atom. The van der Waals surface area contributed by atoms with E-state index in [1.165, 1.54) is 6.20 Å². The van der Waals surface area contributed by atoms with E-state index in [9.17, 15) is 9.59 Å². The predicted octanol–water partition coefficient (Wildman–Crippen LogP) is 2.08. The third-order valence-corrected chi connectivity index (χ3v) is 2.78. The van der Waals surface area contributed by atoms with E-state index in [2.05, 4.69) is 26.2 Å². The molecule has 0 radical (unpaired) electrons. The smallest absolute Gasteiger partial charge is 0.333 e. The molecule has 1 aromatic heterocycles. The number of hydrogen-bond donors (Lipinski definition) is 1. The largest absolute Gasteiger partial charge is 0.460 e. The van der Waals surface area contributed by atoms with E-state index in [1.54, 1.807) is 32.2 Å². The van der Waals surface area contributed by atoms with Gasteiger partial charge >= 0.3 is 5.97 Å². The van der Waals surface area contributed by atoms with E-state index in [0.29, 0.717) is 11.1 Å². The number of carbonyl (C=O) groups excluding carboxylic acids is 2. The molecule has 1 N–H and O–H groups in total. The van der Waals surface area contributed by atoms with Gasteiger partial charge in [-0.25, -0.2) is 4.79 Å². The molecule has 0 atom stereocenters. The Hall–Kier alpha value is -1.69. The lowest BCUT2D eigenvalue weighted by molar-refractivity contribution is -0.138. The summed E-state index contributed by atoms with van der Waals surface area (Å²) in [5, 5.41) is 2.64. The number of halogens is 1. The van der Waals surface area contributed by atoms with Crippen molar-refractivity contribution in [3.63, 3.8) is 0 Å². The molecule has 6 heteroatoms. The summed E-state index contributed by atoms with van der Waals surface area (Å²) in [5.74, 6) is -0.631. The van der Waals surface area contributed by atoms with Crippen molar-refractivity contribution < 1.29 is 14.3 Å². The minimum atomic E-state index is -0.374. The number of carbonyl (C=O) groups is 2. The maximum atomic E-state index is 11.7. The molecule has 1 aromatic rings. The fourth-order valence-corrected chi connectivity index (χ4v) is 1.54. The van der Waals surface area contributed by atoms with Gasteiger partial charge in [-0.2, -0.15) is 0 Å². The molecule has 0 bridgehead atoms. The lowest BCUT2D eigenvalue weighted by Crippen LogP contribution is -2.28. The lowest BCUT2D eigenvalue weighted by Gasteiger charge is -2.06. The molecule has 0 aromatic carbocycles. The van der Waals surface area contributed by atoms with E-state index >= 15 is 0 Å². The van der Waals surface area contributed by atoms with Crippen LogP contribution in [-0.4, -0.2) is 30.0 Å². The molecule has 5 nitrogen and oxygen atoms in total. The first kappa shape index (κ1) is 15.4. The quantitative estimate of drug-likeness (QED) is 0.511. The Labute approximate surface area is 120 Å². The number of esters is 1. The number of nitrogens with zero attached hydrogens (tertiary/aromatic N) is 1. The monoisotopic (exact) mass is 326 g/mol. The summed E-state index contributed by atoms with van der Waals surface area (Å²) in [6.45, 7) is 3.83. The van der Waals surface area contributed by atoms with Crippen LogP contribution in [0.3, 0.4) is 0 Å². The van der Waals surface area contributed by atoms with Crippen molar-refractivity contribution >= 4 is 27.8 Å². The second-order valence-electron chi connectivity index (χ2n) is 3.76. The summed E-state index contributed by atoms with van der Waals surface area (Å²) in [7, 11) is 0. The van der Waals surface area contributed by atoms with E-state index in [-0.39, 0.29) is 25.0 Å². The second-order valence-corrected chi connectivity index (χ2v) is 4.67. The summed E-state index contributed by atoms with van der Waals surface area (Å²) >= 11 is 3.24. The zero-order chi connectivity index (χ0) is 14.3. The summed E-state index contributed by atoms with van der Waals surface area (Å²) in [4.78, 5) is 26.9. The summed E-state index contributed by atoms with van der Waals surface area (Å²) in [5.41, 5.74) is 0.993. The van der Waals surface area contributed by atoms with Gasteiger partial charge in [0.15, 0.2) is 0 Å². The van der Waals surface area contributed by atoms with Crippen LogP contribution in [0, 0.1) is 0 Å². The van der Waals surface area contributed by atoms with Crippen molar-refractivity contribution in [3.05, 3.63) is 40.1 Å². The van der Waals surface area contributed by atoms with Crippen molar-refractivity contribution in [2.75, 3.05) is 13.2 Å². The standard InChI is InChI=1S/C13H15BrN2O3/c1-3-9(2)13(18)19-5-4-16-12(17)10-6-11(14)8-15-7-10/h3,6-8H,4-5H2,1-2H3,(H,16,17). The summed E-state index contributed by atoms with van der Waals surface area (Å²) in [6.07, 6.45) is 4.74. The normalized spacial score (nSPS) is 11.0. The molecular formula is C13H15BrN2O3. The highest BCUT2D eigenvalue weighted by Crippen LogP contribution is 2.09. The number of amides is 1. The molecule has 0 unspecified atom stereocenters. The maximum Gasteiger partial charge on any atom is 0.333 e. The van der Waals surface area contributed by atoms with Crippen molar-refractivity contribution in [1.82, 2.24) is 10.3 Å². The molecule has 0 aliphatic carbocycles. The number of pyridine rings is 1. The Balaban J connectivity index is 2.34. The zero-order valence-electron chi connectivity index (χ0n) is 10.8. The SMILES string of the molecule is CC=C(C)C(=O)OCCNC(=O)c1cncc(Br)c1. The Kier molecular flexibility index (Phi) is 6.21. The van der Waals surface area contributed by atoms with Crippen LogP contribution in [0.2, 0.25) is 0 Å². The maximum absolute atomic E-state index is 11.7. The second kappa shape index (κ2) is 7.68. The van der Waals surface area contributed by atoms with Gasteiger partial charge in [0.2, 0.25) is 0 Å². The van der Waals surface area contributed by atoms with Crippen molar-refractivity contribution in [2.45, 2.75) is 13.8 Å². The van der Waals surface area contributed by atoms with Crippen molar-refractivity contribution in [2.24, 2.45) is 0 Å². The van der Waals surface area contributed by atoms with Crippen molar-refractivity contribution in [3.8, 4) is 0 Å². The molecule has 0 aliphatic heterocycles. The van der Waals surface area contributed by atoms with Gasteiger partial charge in [0.1, 0.15) is 6.61 Å². The average Bonchev–Trinajstić information content (AvgIpc) is 2.42. The lowest BCUT2D eigenvalue weighted by atomic mass is 10.3. The first-order chi connectivity index (χ1) is 9.04. The molecule has 0 fully saturated rings. The molecule has 0 saturated carbocycles. The highest BCUT2D eigenvalue weighted by atomic mass is 79.9. The fraction of sp³-hybridized carbons (Fsp3) is 0.308. The van der Waals surface area contributed by atoms with E-state index < -0.39 is 0 Å². The van der Waals surface area contributed by atoms with E-state index in [4.69, 9.17) is 4.74 Å². The molecule has 1 heterocycles. The average molecular weight is 327 g/mol. The van der Waals surface area contributed by atoms with Gasteiger partial charge in [-0.3, -0.25) is 9.78 Å². The number of hydrogen-bond acceptors (Lipinski definition) is 4. The summed E-state index contributed by atoms with van der Waals surface area (Å²) < 4.78 is 5.69. The van der Waals surface area contributed by atoms with Crippen molar-refractivity contribution in [1.29, 1.82) is 0 Å². The number of rotatable bonds is 5. The van der Waals surface area contributed by atoms with E-state index in [1.807, 2.05) is 0 Å². The predicted molar refractivity (Wildman–Crippen MR) is 74.7 cm³/mol. The molecule has 102 valence electrons. The van der Waals surface area contributed by atoms with Gasteiger partial charge in [0.05, 0.1) is 12.1 Å². The minimum absolute atomic E-state index is 0.136. The molecule has 0 spiro atoms. The zero-order valence-corrected chi connectivity index (χ0v) is 12.4. The topological polar surface area (TPSA) is 68.3 Å². The molecule has 0 aliphatic rings. The number of nitrogens with one attached hydrogen (secondary N) is 1. The third-order valence-electron chi connectivity index (χ3n) is 2.34.